The van der Waals surface area contributed by atoms with Gasteiger partial charge in [-0.3, -0.25) is 15.1 Å². The quantitative estimate of drug-likeness (QED) is 0.304. The van der Waals surface area contributed by atoms with Crippen LogP contribution in [0.4, 0.5) is 9.93 Å². The number of aliphatic hydroxyl groups is 1. The second-order valence-electron chi connectivity index (χ2n) is 8.35. The fourth-order valence-electron chi connectivity index (χ4n) is 3.40. The molecule has 0 unspecified atom stereocenters. The van der Waals surface area contributed by atoms with E-state index in [-0.39, 0.29) is 12.5 Å². The number of aliphatic carboxylic acids is 1. The molecule has 180 valence electrons. The van der Waals surface area contributed by atoms with Gasteiger partial charge in [0, 0.05) is 36.3 Å². The monoisotopic (exact) mass is 492 g/mol. The van der Waals surface area contributed by atoms with Crippen molar-refractivity contribution in [3.8, 4) is 22.4 Å². The minimum Gasteiger partial charge on any atom is -0.481 e. The van der Waals surface area contributed by atoms with Crippen LogP contribution in [0, 0.1) is 0 Å². The summed E-state index contributed by atoms with van der Waals surface area (Å²) in [5.74, 6) is -0.623. The van der Waals surface area contributed by atoms with Crippen molar-refractivity contribution in [2.45, 2.75) is 32.8 Å². The van der Waals surface area contributed by atoms with Crippen molar-refractivity contribution in [2.24, 2.45) is 0 Å². The Balaban J connectivity index is 1.81. The van der Waals surface area contributed by atoms with Crippen LogP contribution < -0.4 is 10.6 Å². The number of anilines is 1. The molecule has 35 heavy (non-hydrogen) atoms. The summed E-state index contributed by atoms with van der Waals surface area (Å²) in [5, 5.41) is 25.1. The number of nitrogens with one attached hydrogen (secondary N) is 2. The molecule has 3 heterocycles. The predicted octanol–water partition coefficient (Wildman–Crippen LogP) is 3.81. The average molecular weight is 493 g/mol. The molecule has 0 saturated heterocycles. The number of nitrogens with zero attached hydrogens (tertiary/aromatic N) is 4. The molecule has 1 aromatic carbocycles. The second-order valence-corrected chi connectivity index (χ2v) is 9.35. The highest BCUT2D eigenvalue weighted by Crippen LogP contribution is 2.38. The molecule has 11 heteroatoms. The maximum absolute atomic E-state index is 12.0. The van der Waals surface area contributed by atoms with E-state index in [1.807, 2.05) is 19.1 Å². The van der Waals surface area contributed by atoms with Crippen LogP contribution in [0.2, 0.25) is 0 Å². The van der Waals surface area contributed by atoms with E-state index in [0.29, 0.717) is 34.3 Å². The van der Waals surface area contributed by atoms with Crippen LogP contribution in [0.3, 0.4) is 0 Å². The van der Waals surface area contributed by atoms with Gasteiger partial charge in [-0.15, -0.1) is 0 Å². The Morgan fingerprint density at radius 2 is 1.80 bits per heavy atom. The summed E-state index contributed by atoms with van der Waals surface area (Å²) in [5.41, 5.74) is 2.98. The van der Waals surface area contributed by atoms with Crippen LogP contribution in [0.5, 0.6) is 0 Å². The molecule has 3 aromatic heterocycles. The van der Waals surface area contributed by atoms with Gasteiger partial charge in [-0.1, -0.05) is 17.4 Å². The van der Waals surface area contributed by atoms with E-state index in [9.17, 15) is 14.7 Å². The Kier molecular flexibility index (Phi) is 6.72. The number of hydrogen-bond donors (Lipinski definition) is 4. The van der Waals surface area contributed by atoms with E-state index in [1.165, 1.54) is 17.5 Å². The number of fused-ring (bicyclic) bond motifs is 1. The van der Waals surface area contributed by atoms with Gasteiger partial charge in [0.2, 0.25) is 0 Å². The number of aromatic nitrogens is 4. The molecule has 4 aromatic rings. The number of hydrogen-bond acceptors (Lipinski definition) is 8. The topological polar surface area (TPSA) is 150 Å². The maximum Gasteiger partial charge on any atom is 0.321 e. The smallest absolute Gasteiger partial charge is 0.321 e. The first-order valence-electron chi connectivity index (χ1n) is 10.9. The Morgan fingerprint density at radius 3 is 2.40 bits per heavy atom. The molecule has 4 N–H and O–H groups in total. The number of thiazole rings is 1. The van der Waals surface area contributed by atoms with Gasteiger partial charge in [0.15, 0.2) is 11.0 Å². The number of carboxylic acids is 1. The fourth-order valence-corrected chi connectivity index (χ4v) is 4.36. The first kappa shape index (κ1) is 24.2. The van der Waals surface area contributed by atoms with Gasteiger partial charge in [0.05, 0.1) is 22.3 Å². The van der Waals surface area contributed by atoms with Crippen LogP contribution in [0.25, 0.3) is 32.6 Å². The van der Waals surface area contributed by atoms with Crippen molar-refractivity contribution in [1.82, 2.24) is 25.3 Å². The number of pyridine rings is 1. The zero-order valence-electron chi connectivity index (χ0n) is 19.4. The molecule has 0 aliphatic rings. The van der Waals surface area contributed by atoms with Gasteiger partial charge in [-0.25, -0.2) is 19.7 Å². The second kappa shape index (κ2) is 9.72. The molecule has 2 amide bonds. The molecule has 10 nitrogen and oxygen atoms in total. The average Bonchev–Trinajstić information content (AvgIpc) is 3.20. The molecule has 0 bridgehead atoms. The predicted molar refractivity (Wildman–Crippen MR) is 133 cm³/mol. The molecule has 0 fully saturated rings. The number of carbonyl (C=O) groups is 2. The summed E-state index contributed by atoms with van der Waals surface area (Å²) in [4.78, 5) is 40.7. The highest BCUT2D eigenvalue weighted by molar-refractivity contribution is 7.22. The number of rotatable bonds is 7. The summed E-state index contributed by atoms with van der Waals surface area (Å²) in [6.07, 6.45) is 4.69. The first-order valence-corrected chi connectivity index (χ1v) is 11.7. The van der Waals surface area contributed by atoms with Gasteiger partial charge in [-0.2, -0.15) is 0 Å². The largest absolute Gasteiger partial charge is 0.481 e. The Bertz CT molecular complexity index is 1380. The minimum absolute atomic E-state index is 0.116. The molecule has 0 spiro atoms. The van der Waals surface area contributed by atoms with E-state index in [4.69, 9.17) is 5.11 Å². The third-order valence-corrected chi connectivity index (χ3v) is 6.06. The highest BCUT2D eigenvalue weighted by atomic mass is 32.1. The van der Waals surface area contributed by atoms with Crippen molar-refractivity contribution < 1.29 is 19.8 Å². The van der Waals surface area contributed by atoms with Crippen molar-refractivity contribution in [1.29, 1.82) is 0 Å². The van der Waals surface area contributed by atoms with Crippen LogP contribution in [-0.2, 0) is 16.8 Å². The van der Waals surface area contributed by atoms with Crippen molar-refractivity contribution in [2.75, 3.05) is 11.9 Å². The number of amides is 2. The summed E-state index contributed by atoms with van der Waals surface area (Å²) in [6.45, 7) is 5.54. The Morgan fingerprint density at radius 1 is 1.06 bits per heavy atom. The van der Waals surface area contributed by atoms with Gasteiger partial charge in [-0.05, 0) is 50.1 Å². The van der Waals surface area contributed by atoms with Crippen LogP contribution in [-0.4, -0.2) is 48.7 Å². The normalized spacial score (nSPS) is 11.4. The highest BCUT2D eigenvalue weighted by Gasteiger charge is 2.20. The zero-order valence-corrected chi connectivity index (χ0v) is 20.2. The number of urea groups is 1. The Hall–Kier alpha value is -3.96. The number of carboxylic acid groups (broad SMARTS) is 1. The van der Waals surface area contributed by atoms with Crippen LogP contribution in [0.15, 0.2) is 42.9 Å². The SMILES string of the molecule is CCNC(=O)Nc1nc2cc(-c3cnc(C(C)(C)O)nc3)cc(-c3ccc(CC(=O)O)cn3)c2s1. The van der Waals surface area contributed by atoms with E-state index >= 15 is 0 Å². The maximum atomic E-state index is 12.0. The standard InChI is InChI=1S/C24H24N6O4S/c1-4-25-22(33)30-23-29-18-9-14(15-11-27-21(28-12-15)24(2,3)34)8-16(20(18)35-23)17-6-5-13(10-26-17)7-19(31)32/h5-6,8-12,34H,4,7H2,1-3H3,(H,31,32)(H2,25,29,30,33). The zero-order chi connectivity index (χ0) is 25.2. The summed E-state index contributed by atoms with van der Waals surface area (Å²) in [6, 6.07) is 6.95. The van der Waals surface area contributed by atoms with Gasteiger partial charge < -0.3 is 15.5 Å². The van der Waals surface area contributed by atoms with Crippen molar-refractivity contribution >= 4 is 38.7 Å². The van der Waals surface area contributed by atoms with E-state index < -0.39 is 11.6 Å². The summed E-state index contributed by atoms with van der Waals surface area (Å²) < 4.78 is 0.813. The lowest BCUT2D eigenvalue weighted by molar-refractivity contribution is -0.136. The van der Waals surface area contributed by atoms with Crippen LogP contribution in [0.1, 0.15) is 32.2 Å². The molecule has 0 aliphatic carbocycles. The van der Waals surface area contributed by atoms with Gasteiger partial charge >= 0.3 is 12.0 Å². The Labute approximate surface area is 205 Å². The molecular weight excluding hydrogens is 468 g/mol. The third-order valence-electron chi connectivity index (χ3n) is 5.04. The minimum atomic E-state index is -1.16. The van der Waals surface area contributed by atoms with Crippen molar-refractivity contribution in [3.05, 3.63) is 54.2 Å². The first-order chi connectivity index (χ1) is 16.6. The number of benzene rings is 1. The van der Waals surface area contributed by atoms with Crippen LogP contribution >= 0.6 is 11.3 Å². The lowest BCUT2D eigenvalue weighted by atomic mass is 10.0. The van der Waals surface area contributed by atoms with Gasteiger partial charge in [0.1, 0.15) is 5.60 Å². The molecular formula is C24H24N6O4S. The summed E-state index contributed by atoms with van der Waals surface area (Å²) in [7, 11) is 0. The molecule has 0 aliphatic heterocycles. The lowest BCUT2D eigenvalue weighted by Gasteiger charge is -2.15. The third kappa shape index (κ3) is 5.58. The summed E-state index contributed by atoms with van der Waals surface area (Å²) >= 11 is 1.32. The molecule has 0 saturated carbocycles. The van der Waals surface area contributed by atoms with Crippen molar-refractivity contribution in [3.63, 3.8) is 0 Å². The van der Waals surface area contributed by atoms with E-state index in [2.05, 4.69) is 30.6 Å². The molecule has 0 atom stereocenters. The lowest BCUT2D eigenvalue weighted by Crippen LogP contribution is -2.28. The fraction of sp³-hybridized carbons (Fsp3) is 0.250. The molecule has 0 radical (unpaired) electrons. The number of carbonyl (C=O) groups excluding carboxylic acids is 1. The van der Waals surface area contributed by atoms with E-state index in [0.717, 1.165) is 21.4 Å². The van der Waals surface area contributed by atoms with Gasteiger partial charge in [0.25, 0.3) is 0 Å². The molecule has 4 rings (SSSR count). The van der Waals surface area contributed by atoms with E-state index in [1.54, 1.807) is 38.4 Å².